The maximum atomic E-state index is 12.5. The summed E-state index contributed by atoms with van der Waals surface area (Å²) in [5, 5.41) is 0.866. The van der Waals surface area contributed by atoms with Crippen LogP contribution in [0.4, 0.5) is 5.69 Å². The molecule has 1 aromatic heterocycles. The molecule has 0 radical (unpaired) electrons. The summed E-state index contributed by atoms with van der Waals surface area (Å²) in [5.74, 6) is 0.00218. The van der Waals surface area contributed by atoms with Gasteiger partial charge in [0.1, 0.15) is 0 Å². The lowest BCUT2D eigenvalue weighted by Gasteiger charge is -2.20. The van der Waals surface area contributed by atoms with Crippen molar-refractivity contribution in [2.75, 3.05) is 18.8 Å². The topological polar surface area (TPSA) is 62.1 Å². The van der Waals surface area contributed by atoms with Crippen molar-refractivity contribution in [2.24, 2.45) is 0 Å². The number of rotatable bonds is 4. The Balaban J connectivity index is 2.40. The third-order valence-corrected chi connectivity index (χ3v) is 3.07. The smallest absolute Gasteiger partial charge is 0.256 e. The summed E-state index contributed by atoms with van der Waals surface area (Å²) >= 11 is 0. The van der Waals surface area contributed by atoms with Gasteiger partial charge in [0.05, 0.1) is 5.56 Å². The van der Waals surface area contributed by atoms with Crippen molar-refractivity contribution in [3.8, 4) is 0 Å². The van der Waals surface area contributed by atoms with E-state index in [2.05, 4.69) is 11.6 Å². The molecule has 0 aliphatic rings. The van der Waals surface area contributed by atoms with Crippen molar-refractivity contribution < 1.29 is 4.79 Å². The molecule has 2 aromatic rings. The predicted molar refractivity (Wildman–Crippen MR) is 79.1 cm³/mol. The van der Waals surface area contributed by atoms with Crippen LogP contribution in [0.5, 0.6) is 0 Å². The number of amides is 1. The summed E-state index contributed by atoms with van der Waals surface area (Å²) in [6.45, 7) is 8.97. The molecule has 0 aliphatic heterocycles. The molecule has 2 rings (SSSR count). The minimum absolute atomic E-state index is 0.00218. The fourth-order valence-electron chi connectivity index (χ4n) is 2.14. The van der Waals surface area contributed by atoms with Crippen LogP contribution in [0.15, 0.2) is 36.5 Å². The molecule has 0 saturated carbocycles. The number of benzene rings is 1. The van der Waals surface area contributed by atoms with Crippen molar-refractivity contribution in [1.82, 2.24) is 9.88 Å². The highest BCUT2D eigenvalue weighted by atomic mass is 16.2. The zero-order valence-corrected chi connectivity index (χ0v) is 11.4. The van der Waals surface area contributed by atoms with Crippen LogP contribution in [0.2, 0.25) is 0 Å². The standard InChI is InChI=1S/C15H19N3O/c1-4-18(9-10(2)3)15(19)13-8-17-14-6-5-11(16)7-12(13)14/h5-8,17H,2,4,9,16H2,1,3H3. The van der Waals surface area contributed by atoms with E-state index in [-0.39, 0.29) is 5.91 Å². The second-order valence-corrected chi connectivity index (χ2v) is 4.78. The normalized spacial score (nSPS) is 10.6. The van der Waals surface area contributed by atoms with Crippen molar-refractivity contribution in [3.63, 3.8) is 0 Å². The van der Waals surface area contributed by atoms with Gasteiger partial charge in [0.25, 0.3) is 5.91 Å². The maximum absolute atomic E-state index is 12.5. The van der Waals surface area contributed by atoms with E-state index in [1.54, 1.807) is 11.1 Å². The second-order valence-electron chi connectivity index (χ2n) is 4.78. The molecule has 0 atom stereocenters. The van der Waals surface area contributed by atoms with Crippen LogP contribution in [0, 0.1) is 0 Å². The second kappa shape index (κ2) is 5.18. The van der Waals surface area contributed by atoms with Crippen LogP contribution < -0.4 is 5.73 Å². The van der Waals surface area contributed by atoms with Crippen molar-refractivity contribution in [1.29, 1.82) is 0 Å². The zero-order valence-electron chi connectivity index (χ0n) is 11.4. The molecule has 0 aliphatic carbocycles. The average Bonchev–Trinajstić information content (AvgIpc) is 2.77. The number of nitrogens with one attached hydrogen (secondary N) is 1. The highest BCUT2D eigenvalue weighted by Crippen LogP contribution is 2.22. The van der Waals surface area contributed by atoms with Gasteiger partial charge in [0.15, 0.2) is 0 Å². The molecule has 1 aromatic carbocycles. The van der Waals surface area contributed by atoms with Gasteiger partial charge in [-0.3, -0.25) is 4.79 Å². The molecule has 0 saturated heterocycles. The van der Waals surface area contributed by atoms with Gasteiger partial charge < -0.3 is 15.6 Å². The lowest BCUT2D eigenvalue weighted by atomic mass is 10.1. The molecule has 3 N–H and O–H groups in total. The predicted octanol–water partition coefficient (Wildman–Crippen LogP) is 2.79. The van der Waals surface area contributed by atoms with Gasteiger partial charge in [-0.2, -0.15) is 0 Å². The monoisotopic (exact) mass is 257 g/mol. The highest BCUT2D eigenvalue weighted by Gasteiger charge is 2.18. The van der Waals surface area contributed by atoms with Gasteiger partial charge in [-0.25, -0.2) is 0 Å². The molecule has 0 unspecified atom stereocenters. The first-order chi connectivity index (χ1) is 9.02. The van der Waals surface area contributed by atoms with E-state index < -0.39 is 0 Å². The van der Waals surface area contributed by atoms with Crippen LogP contribution in [0.25, 0.3) is 10.9 Å². The number of aromatic nitrogens is 1. The molecule has 0 fully saturated rings. The van der Waals surface area contributed by atoms with Gasteiger partial charge >= 0.3 is 0 Å². The van der Waals surface area contributed by atoms with E-state index in [1.807, 2.05) is 32.0 Å². The van der Waals surface area contributed by atoms with Crippen LogP contribution in [0.3, 0.4) is 0 Å². The summed E-state index contributed by atoms with van der Waals surface area (Å²) in [6, 6.07) is 5.53. The van der Waals surface area contributed by atoms with Crippen LogP contribution in [0.1, 0.15) is 24.2 Å². The van der Waals surface area contributed by atoms with Gasteiger partial charge in [-0.1, -0.05) is 12.2 Å². The quantitative estimate of drug-likeness (QED) is 0.653. The number of hydrogen-bond donors (Lipinski definition) is 2. The van der Waals surface area contributed by atoms with Gasteiger partial charge in [0.2, 0.25) is 0 Å². The van der Waals surface area contributed by atoms with E-state index in [0.717, 1.165) is 16.5 Å². The highest BCUT2D eigenvalue weighted by molar-refractivity contribution is 6.07. The molecule has 100 valence electrons. The number of anilines is 1. The first-order valence-corrected chi connectivity index (χ1v) is 6.33. The zero-order chi connectivity index (χ0) is 14.0. The van der Waals surface area contributed by atoms with Crippen molar-refractivity contribution >= 4 is 22.5 Å². The first kappa shape index (κ1) is 13.2. The average molecular weight is 257 g/mol. The number of likely N-dealkylation sites (N-methyl/N-ethyl adjacent to an activating group) is 1. The van der Waals surface area contributed by atoms with Gasteiger partial charge in [-0.05, 0) is 32.0 Å². The fourth-order valence-corrected chi connectivity index (χ4v) is 2.14. The lowest BCUT2D eigenvalue weighted by molar-refractivity contribution is 0.0780. The number of nitrogens with two attached hydrogens (primary N) is 1. The number of aromatic amines is 1. The minimum Gasteiger partial charge on any atom is -0.399 e. The number of nitrogen functional groups attached to an aromatic ring is 1. The Morgan fingerprint density at radius 1 is 1.47 bits per heavy atom. The molecule has 1 heterocycles. The van der Waals surface area contributed by atoms with Crippen molar-refractivity contribution in [2.45, 2.75) is 13.8 Å². The molecule has 0 spiro atoms. The Morgan fingerprint density at radius 3 is 2.84 bits per heavy atom. The molecule has 0 bridgehead atoms. The van der Waals surface area contributed by atoms with E-state index in [0.29, 0.717) is 24.3 Å². The number of carbonyl (C=O) groups excluding carboxylic acids is 1. The Labute approximate surface area is 112 Å². The fraction of sp³-hybridized carbons (Fsp3) is 0.267. The SMILES string of the molecule is C=C(C)CN(CC)C(=O)c1c[nH]c2ccc(N)cc12. The summed E-state index contributed by atoms with van der Waals surface area (Å²) < 4.78 is 0. The number of H-pyrrole nitrogens is 1. The maximum Gasteiger partial charge on any atom is 0.256 e. The summed E-state index contributed by atoms with van der Waals surface area (Å²) in [5.41, 5.74) is 8.99. The molecular weight excluding hydrogens is 238 g/mol. The van der Waals surface area contributed by atoms with Crippen LogP contribution >= 0.6 is 0 Å². The van der Waals surface area contributed by atoms with E-state index in [1.165, 1.54) is 0 Å². The Morgan fingerprint density at radius 2 is 2.21 bits per heavy atom. The summed E-state index contributed by atoms with van der Waals surface area (Å²) in [4.78, 5) is 17.4. The Kier molecular flexibility index (Phi) is 3.60. The van der Waals surface area contributed by atoms with Gasteiger partial charge in [-0.15, -0.1) is 0 Å². The Hall–Kier alpha value is -2.23. The summed E-state index contributed by atoms with van der Waals surface area (Å²) in [7, 11) is 0. The molecule has 4 nitrogen and oxygen atoms in total. The molecule has 19 heavy (non-hydrogen) atoms. The Bertz CT molecular complexity index is 627. The minimum atomic E-state index is 0.00218. The number of hydrogen-bond acceptors (Lipinski definition) is 2. The third kappa shape index (κ3) is 2.62. The van der Waals surface area contributed by atoms with Gasteiger partial charge in [0, 0.05) is 35.9 Å². The van der Waals surface area contributed by atoms with Crippen LogP contribution in [-0.4, -0.2) is 28.9 Å². The van der Waals surface area contributed by atoms with E-state index in [9.17, 15) is 4.79 Å². The summed E-state index contributed by atoms with van der Waals surface area (Å²) in [6.07, 6.45) is 1.74. The number of fused-ring (bicyclic) bond motifs is 1. The number of nitrogens with zero attached hydrogens (tertiary/aromatic N) is 1. The number of carbonyl (C=O) groups is 1. The first-order valence-electron chi connectivity index (χ1n) is 6.33. The van der Waals surface area contributed by atoms with Crippen molar-refractivity contribution in [3.05, 3.63) is 42.1 Å². The van der Waals surface area contributed by atoms with E-state index >= 15 is 0 Å². The molecule has 1 amide bonds. The van der Waals surface area contributed by atoms with E-state index in [4.69, 9.17) is 5.73 Å². The molecule has 4 heteroatoms. The lowest BCUT2D eigenvalue weighted by Crippen LogP contribution is -2.32. The van der Waals surface area contributed by atoms with Crippen LogP contribution in [-0.2, 0) is 0 Å². The third-order valence-electron chi connectivity index (χ3n) is 3.07. The largest absolute Gasteiger partial charge is 0.399 e. The molecular formula is C15H19N3O.